The first kappa shape index (κ1) is 19.8. The van der Waals surface area contributed by atoms with Gasteiger partial charge in [-0.2, -0.15) is 0 Å². The minimum Gasteiger partial charge on any atom is -0.329 e. The third-order valence-electron chi connectivity index (χ3n) is 4.59. The highest BCUT2D eigenvalue weighted by atomic mass is 35.5. The van der Waals surface area contributed by atoms with Crippen molar-refractivity contribution in [3.63, 3.8) is 0 Å². The summed E-state index contributed by atoms with van der Waals surface area (Å²) in [6, 6.07) is 13.6. The van der Waals surface area contributed by atoms with Crippen LogP contribution in [0.4, 0.5) is 5.69 Å². The number of nitrogens with one attached hydrogen (secondary N) is 1. The second-order valence-corrected chi connectivity index (χ2v) is 8.46. The van der Waals surface area contributed by atoms with E-state index < -0.39 is 0 Å². The van der Waals surface area contributed by atoms with Gasteiger partial charge in [-0.3, -0.25) is 9.59 Å². The van der Waals surface area contributed by atoms with Crippen LogP contribution in [0.3, 0.4) is 0 Å². The summed E-state index contributed by atoms with van der Waals surface area (Å²) in [6.45, 7) is 0.625. The quantitative estimate of drug-likeness (QED) is 0.606. The van der Waals surface area contributed by atoms with E-state index in [-0.39, 0.29) is 22.9 Å². The molecule has 0 spiro atoms. The third-order valence-corrected chi connectivity index (χ3v) is 6.08. The Hall–Kier alpha value is -2.48. The molecule has 9 heteroatoms. The molecule has 29 heavy (non-hydrogen) atoms. The van der Waals surface area contributed by atoms with Crippen molar-refractivity contribution in [1.82, 2.24) is 15.1 Å². The first-order valence-corrected chi connectivity index (χ1v) is 10.6. The van der Waals surface area contributed by atoms with E-state index in [2.05, 4.69) is 15.5 Å². The predicted molar refractivity (Wildman–Crippen MR) is 114 cm³/mol. The SMILES string of the molecule is O=C(Nc1cccc(Cl)c1)c1nnc([C@H]2CCCN2C(=O)c2cccc(Cl)c2)s1. The number of halogens is 2. The fraction of sp³-hybridized carbons (Fsp3) is 0.200. The molecule has 1 saturated heterocycles. The lowest BCUT2D eigenvalue weighted by Crippen LogP contribution is -2.30. The Balaban J connectivity index is 1.50. The molecule has 0 aliphatic carbocycles. The summed E-state index contributed by atoms with van der Waals surface area (Å²) < 4.78 is 0. The van der Waals surface area contributed by atoms with Gasteiger partial charge in [-0.25, -0.2) is 0 Å². The monoisotopic (exact) mass is 446 g/mol. The van der Waals surface area contributed by atoms with Crippen LogP contribution >= 0.6 is 34.5 Å². The molecule has 3 aromatic rings. The van der Waals surface area contributed by atoms with Crippen LogP contribution < -0.4 is 5.32 Å². The highest BCUT2D eigenvalue weighted by molar-refractivity contribution is 7.13. The number of carbonyl (C=O) groups is 2. The zero-order valence-electron chi connectivity index (χ0n) is 15.1. The van der Waals surface area contributed by atoms with Crippen LogP contribution in [0.15, 0.2) is 48.5 Å². The minimum atomic E-state index is -0.360. The van der Waals surface area contributed by atoms with Gasteiger partial charge in [-0.15, -0.1) is 10.2 Å². The van der Waals surface area contributed by atoms with Crippen LogP contribution in [0.1, 0.15) is 44.1 Å². The lowest BCUT2D eigenvalue weighted by Gasteiger charge is -2.22. The van der Waals surface area contributed by atoms with Gasteiger partial charge in [0.25, 0.3) is 11.8 Å². The molecule has 2 amide bonds. The van der Waals surface area contributed by atoms with Gasteiger partial charge in [0.15, 0.2) is 0 Å². The van der Waals surface area contributed by atoms with Crippen molar-refractivity contribution in [1.29, 1.82) is 0 Å². The van der Waals surface area contributed by atoms with E-state index in [0.29, 0.717) is 32.8 Å². The lowest BCUT2D eigenvalue weighted by molar-refractivity contribution is 0.0735. The molecule has 1 aromatic heterocycles. The van der Waals surface area contributed by atoms with Crippen molar-refractivity contribution >= 4 is 52.0 Å². The van der Waals surface area contributed by atoms with E-state index >= 15 is 0 Å². The van der Waals surface area contributed by atoms with Gasteiger partial charge < -0.3 is 10.2 Å². The van der Waals surface area contributed by atoms with Crippen molar-refractivity contribution < 1.29 is 9.59 Å². The number of likely N-dealkylation sites (tertiary alicyclic amines) is 1. The molecule has 0 radical (unpaired) electrons. The smallest absolute Gasteiger partial charge is 0.286 e. The number of hydrogen-bond acceptors (Lipinski definition) is 5. The maximum atomic E-state index is 12.9. The molecule has 2 heterocycles. The third kappa shape index (κ3) is 4.42. The zero-order chi connectivity index (χ0) is 20.4. The fourth-order valence-corrected chi connectivity index (χ4v) is 4.53. The average molecular weight is 447 g/mol. The number of benzene rings is 2. The highest BCUT2D eigenvalue weighted by Gasteiger charge is 2.33. The van der Waals surface area contributed by atoms with Crippen LogP contribution in [0.2, 0.25) is 10.0 Å². The summed E-state index contributed by atoms with van der Waals surface area (Å²) in [5.41, 5.74) is 1.12. The number of hydrogen-bond donors (Lipinski definition) is 1. The number of rotatable bonds is 4. The van der Waals surface area contributed by atoms with Crippen LogP contribution in [-0.4, -0.2) is 33.5 Å². The van der Waals surface area contributed by atoms with E-state index in [1.54, 1.807) is 53.4 Å². The number of nitrogens with zero attached hydrogens (tertiary/aromatic N) is 3. The molecule has 0 bridgehead atoms. The number of aromatic nitrogens is 2. The topological polar surface area (TPSA) is 75.2 Å². The molecule has 0 unspecified atom stereocenters. The van der Waals surface area contributed by atoms with Crippen molar-refractivity contribution in [2.45, 2.75) is 18.9 Å². The molecule has 1 aliphatic rings. The van der Waals surface area contributed by atoms with Crippen molar-refractivity contribution in [3.8, 4) is 0 Å². The molecular weight excluding hydrogens is 431 g/mol. The van der Waals surface area contributed by atoms with Gasteiger partial charge in [-0.1, -0.05) is 46.7 Å². The normalized spacial score (nSPS) is 16.1. The molecule has 1 fully saturated rings. The Kier molecular flexibility index (Phi) is 5.80. The highest BCUT2D eigenvalue weighted by Crippen LogP contribution is 2.35. The molecule has 1 aliphatic heterocycles. The summed E-state index contributed by atoms with van der Waals surface area (Å²) in [5, 5.41) is 12.9. The molecule has 1 N–H and O–H groups in total. The van der Waals surface area contributed by atoms with Crippen LogP contribution in [0.5, 0.6) is 0 Å². The Bertz CT molecular complexity index is 1070. The molecule has 1 atom stereocenters. The van der Waals surface area contributed by atoms with Gasteiger partial charge in [0, 0.05) is 27.8 Å². The summed E-state index contributed by atoms with van der Waals surface area (Å²) >= 11 is 13.2. The van der Waals surface area contributed by atoms with Crippen molar-refractivity contribution in [2.75, 3.05) is 11.9 Å². The maximum absolute atomic E-state index is 12.9. The van der Waals surface area contributed by atoms with Crippen LogP contribution in [-0.2, 0) is 0 Å². The minimum absolute atomic E-state index is 0.102. The van der Waals surface area contributed by atoms with E-state index in [9.17, 15) is 9.59 Å². The Labute approximate surface area is 181 Å². The Morgan fingerprint density at radius 3 is 2.59 bits per heavy atom. The van der Waals surface area contributed by atoms with Gasteiger partial charge in [0.1, 0.15) is 5.01 Å². The maximum Gasteiger partial charge on any atom is 0.286 e. The molecule has 148 valence electrons. The Morgan fingerprint density at radius 1 is 1.07 bits per heavy atom. The van der Waals surface area contributed by atoms with Gasteiger partial charge in [0.05, 0.1) is 6.04 Å². The number of amides is 2. The second kappa shape index (κ2) is 8.49. The zero-order valence-corrected chi connectivity index (χ0v) is 17.5. The summed E-state index contributed by atoms with van der Waals surface area (Å²) in [5.74, 6) is -0.461. The molecule has 6 nitrogen and oxygen atoms in total. The number of carbonyl (C=O) groups excluding carboxylic acids is 2. The van der Waals surface area contributed by atoms with Gasteiger partial charge >= 0.3 is 0 Å². The average Bonchev–Trinajstić information content (AvgIpc) is 3.37. The van der Waals surface area contributed by atoms with Crippen LogP contribution in [0.25, 0.3) is 0 Å². The second-order valence-electron chi connectivity index (χ2n) is 6.58. The van der Waals surface area contributed by atoms with Crippen molar-refractivity contribution in [2.24, 2.45) is 0 Å². The molecule has 2 aromatic carbocycles. The predicted octanol–water partition coefficient (Wildman–Crippen LogP) is 5.07. The number of anilines is 1. The van der Waals surface area contributed by atoms with Gasteiger partial charge in [-0.05, 0) is 49.2 Å². The van der Waals surface area contributed by atoms with E-state index in [0.717, 1.165) is 12.8 Å². The van der Waals surface area contributed by atoms with Gasteiger partial charge in [0.2, 0.25) is 5.01 Å². The summed E-state index contributed by atoms with van der Waals surface area (Å²) in [4.78, 5) is 27.2. The van der Waals surface area contributed by atoms with Crippen molar-refractivity contribution in [3.05, 3.63) is 74.2 Å². The molecule has 0 saturated carbocycles. The fourth-order valence-electron chi connectivity index (χ4n) is 3.27. The lowest BCUT2D eigenvalue weighted by atomic mass is 10.1. The standard InChI is InChI=1S/C20H16Cl2N4O2S/c21-13-5-1-4-12(10-13)20(28)26-9-3-8-16(26)18-24-25-19(29-18)17(27)23-15-7-2-6-14(22)11-15/h1-2,4-7,10-11,16H,3,8-9H2,(H,23,27)/t16-/m1/s1. The van der Waals surface area contributed by atoms with E-state index in [1.165, 1.54) is 11.3 Å². The van der Waals surface area contributed by atoms with E-state index in [4.69, 9.17) is 23.2 Å². The Morgan fingerprint density at radius 2 is 1.83 bits per heavy atom. The summed E-state index contributed by atoms with van der Waals surface area (Å²) in [7, 11) is 0. The summed E-state index contributed by atoms with van der Waals surface area (Å²) in [6.07, 6.45) is 1.64. The van der Waals surface area contributed by atoms with E-state index in [1.807, 2.05) is 0 Å². The van der Waals surface area contributed by atoms with Crippen LogP contribution in [0, 0.1) is 0 Å². The molecule has 4 rings (SSSR count). The first-order chi connectivity index (χ1) is 14.0. The largest absolute Gasteiger partial charge is 0.329 e. The molecular formula is C20H16Cl2N4O2S. The first-order valence-electron chi connectivity index (χ1n) is 8.98.